The van der Waals surface area contributed by atoms with Gasteiger partial charge in [-0.25, -0.2) is 9.97 Å². The monoisotopic (exact) mass is 882 g/mol. The Morgan fingerprint density at radius 3 is 2.23 bits per heavy atom. The number of phenols is 1. The number of aliphatic imine (C=N–C) groups is 1. The van der Waals surface area contributed by atoms with Crippen LogP contribution < -0.4 is 0 Å². The molecule has 2 aromatic heterocycles. The van der Waals surface area contributed by atoms with Crippen LogP contribution in [0.5, 0.6) is 5.75 Å². The van der Waals surface area contributed by atoms with Crippen molar-refractivity contribution in [3.05, 3.63) is 132 Å². The second kappa shape index (κ2) is 14.7. The molecule has 0 bridgehead atoms. The van der Waals surface area contributed by atoms with Gasteiger partial charge in [-0.1, -0.05) is 120 Å². The Kier molecular flexibility index (Phi) is 10.2. The van der Waals surface area contributed by atoms with Gasteiger partial charge in [-0.15, -0.1) is 29.3 Å². The van der Waals surface area contributed by atoms with Gasteiger partial charge in [-0.05, 0) is 65.6 Å². The SMILES string of the molecule is CC(C)(C)c1ccnc(-n2c(-c3ccccc3O)nc3c(-c4[c-]c(C5=N[C@@H](C6CCCCC6)CO5)cc(C(C)(C)c5ccccc5)c4)cccc32)c1.[Pt]. The molecule has 6 nitrogen and oxygen atoms in total. The second-order valence-electron chi connectivity index (χ2n) is 16.0. The van der Waals surface area contributed by atoms with E-state index in [1.54, 1.807) is 6.07 Å². The smallest absolute Gasteiger partial charge is 0.149 e. The predicted molar refractivity (Wildman–Crippen MR) is 210 cm³/mol. The van der Waals surface area contributed by atoms with Crippen LogP contribution in [0.1, 0.15) is 89.0 Å². The molecule has 53 heavy (non-hydrogen) atoms. The zero-order valence-corrected chi connectivity index (χ0v) is 33.4. The quantitative estimate of drug-likeness (QED) is 0.162. The first kappa shape index (κ1) is 36.8. The summed E-state index contributed by atoms with van der Waals surface area (Å²) in [6.07, 6.45) is 8.17. The molecule has 8 rings (SSSR count). The summed E-state index contributed by atoms with van der Waals surface area (Å²) in [5.41, 5.74) is 8.20. The summed E-state index contributed by atoms with van der Waals surface area (Å²) in [6.45, 7) is 11.8. The molecule has 0 saturated heterocycles. The van der Waals surface area contributed by atoms with Crippen molar-refractivity contribution in [3.8, 4) is 34.1 Å². The van der Waals surface area contributed by atoms with E-state index in [1.165, 1.54) is 37.7 Å². The van der Waals surface area contributed by atoms with E-state index in [1.807, 2.05) is 24.4 Å². The number of ether oxygens (including phenoxy) is 1. The van der Waals surface area contributed by atoms with Gasteiger partial charge in [0, 0.05) is 32.7 Å². The maximum atomic E-state index is 11.1. The number of aromatic hydroxyl groups is 1. The van der Waals surface area contributed by atoms with Gasteiger partial charge in [0.05, 0.1) is 22.6 Å². The standard InChI is InChI=1S/C46H47N4O2.Pt/c1-45(2,3)34-23-24-47-41(28-34)50-39-21-14-20-36(42(39)49-43(50)37-19-12-13-22-40(37)51)31-25-32(44-48-38(29-52-44)30-15-8-6-9-16-30)27-35(26-31)46(4,5)33-17-10-7-11-18-33;/h7,10-14,17-24,26-28,30,38,51H,6,8-9,15-16,29H2,1-5H3;/q-1;/t38-;/m1./s1. The van der Waals surface area contributed by atoms with Crippen LogP contribution in [0.4, 0.5) is 0 Å². The summed E-state index contributed by atoms with van der Waals surface area (Å²) in [6, 6.07) is 36.9. The number of pyridine rings is 1. The maximum Gasteiger partial charge on any atom is 0.149 e. The van der Waals surface area contributed by atoms with Crippen LogP contribution in [-0.2, 0) is 36.6 Å². The van der Waals surface area contributed by atoms with Gasteiger partial charge in [0.1, 0.15) is 29.9 Å². The van der Waals surface area contributed by atoms with Crippen molar-refractivity contribution in [1.29, 1.82) is 0 Å². The predicted octanol–water partition coefficient (Wildman–Crippen LogP) is 10.6. The van der Waals surface area contributed by atoms with Crippen LogP contribution in [0.15, 0.2) is 108 Å². The summed E-state index contributed by atoms with van der Waals surface area (Å²) < 4.78 is 8.48. The second-order valence-corrected chi connectivity index (χ2v) is 16.0. The molecule has 4 aromatic carbocycles. The van der Waals surface area contributed by atoms with Gasteiger partial charge in [0.15, 0.2) is 0 Å². The Hall–Kier alpha value is -4.54. The fourth-order valence-electron chi connectivity index (χ4n) is 7.91. The van der Waals surface area contributed by atoms with E-state index in [-0.39, 0.29) is 43.7 Å². The van der Waals surface area contributed by atoms with Crippen molar-refractivity contribution >= 4 is 16.9 Å². The Balaban J connectivity index is 0.00000435. The number of hydrogen-bond acceptors (Lipinski definition) is 5. The van der Waals surface area contributed by atoms with Crippen LogP contribution in [0, 0.1) is 12.0 Å². The molecule has 0 amide bonds. The molecule has 2 aliphatic rings. The average molecular weight is 883 g/mol. The Bertz CT molecular complexity index is 2280. The molecule has 7 heteroatoms. The van der Waals surface area contributed by atoms with E-state index >= 15 is 0 Å². The third-order valence-corrected chi connectivity index (χ3v) is 11.1. The van der Waals surface area contributed by atoms with Gasteiger partial charge < -0.3 is 9.84 Å². The van der Waals surface area contributed by atoms with Crippen LogP contribution in [0.25, 0.3) is 39.4 Å². The normalized spacial score (nSPS) is 16.6. The summed E-state index contributed by atoms with van der Waals surface area (Å²) in [7, 11) is 0. The third-order valence-electron chi connectivity index (χ3n) is 11.1. The maximum absolute atomic E-state index is 11.1. The van der Waals surface area contributed by atoms with Crippen LogP contribution in [0.3, 0.4) is 0 Å². The van der Waals surface area contributed by atoms with Gasteiger partial charge in [0.2, 0.25) is 0 Å². The van der Waals surface area contributed by atoms with Crippen molar-refractivity contribution in [2.75, 3.05) is 6.61 Å². The molecule has 3 heterocycles. The van der Waals surface area contributed by atoms with E-state index in [0.717, 1.165) is 44.7 Å². The van der Waals surface area contributed by atoms with Gasteiger partial charge >= 0.3 is 0 Å². The molecule has 0 unspecified atom stereocenters. The van der Waals surface area contributed by atoms with E-state index in [0.29, 0.717) is 29.8 Å². The molecule has 274 valence electrons. The van der Waals surface area contributed by atoms with E-state index in [9.17, 15) is 5.11 Å². The Morgan fingerprint density at radius 1 is 0.755 bits per heavy atom. The minimum atomic E-state index is -0.312. The van der Waals surface area contributed by atoms with E-state index in [4.69, 9.17) is 19.7 Å². The molecule has 1 aliphatic carbocycles. The first-order valence-corrected chi connectivity index (χ1v) is 18.7. The topological polar surface area (TPSA) is 72.5 Å². The Morgan fingerprint density at radius 2 is 1.47 bits per heavy atom. The van der Waals surface area contributed by atoms with Crippen LogP contribution >= 0.6 is 0 Å². The number of hydrogen-bond donors (Lipinski definition) is 1. The van der Waals surface area contributed by atoms with Gasteiger partial charge in [0.25, 0.3) is 0 Å². The molecule has 1 atom stereocenters. The molecule has 1 fully saturated rings. The molecule has 6 aromatic rings. The number of rotatable bonds is 7. The van der Waals surface area contributed by atoms with Crippen molar-refractivity contribution in [3.63, 3.8) is 0 Å². The first-order chi connectivity index (χ1) is 25.1. The van der Waals surface area contributed by atoms with E-state index < -0.39 is 0 Å². The zero-order valence-electron chi connectivity index (χ0n) is 31.2. The average Bonchev–Trinajstić information content (AvgIpc) is 3.81. The third kappa shape index (κ3) is 7.11. The number of para-hydroxylation sites is 2. The summed E-state index contributed by atoms with van der Waals surface area (Å²) in [5, 5.41) is 11.1. The molecule has 1 N–H and O–H groups in total. The van der Waals surface area contributed by atoms with Crippen molar-refractivity contribution in [1.82, 2.24) is 14.5 Å². The fourth-order valence-corrected chi connectivity index (χ4v) is 7.91. The number of benzene rings is 4. The van der Waals surface area contributed by atoms with Gasteiger partial charge in [-0.3, -0.25) is 9.56 Å². The summed E-state index contributed by atoms with van der Waals surface area (Å²) >= 11 is 0. The van der Waals surface area contributed by atoms with E-state index in [2.05, 4.69) is 118 Å². The Labute approximate surface area is 327 Å². The number of nitrogens with zero attached hydrogens (tertiary/aromatic N) is 4. The van der Waals surface area contributed by atoms with Crippen LogP contribution in [-0.4, -0.2) is 38.2 Å². The number of aromatic nitrogens is 3. The van der Waals surface area contributed by atoms with Crippen molar-refractivity contribution in [2.45, 2.75) is 83.6 Å². The zero-order chi connectivity index (χ0) is 36.0. The minimum absolute atomic E-state index is 0. The van der Waals surface area contributed by atoms with Gasteiger partial charge in [-0.2, -0.15) is 0 Å². The molecular formula is C46H47N4O2Pt-. The molecule has 0 spiro atoms. The first-order valence-electron chi connectivity index (χ1n) is 18.7. The number of fused-ring (bicyclic) bond motifs is 1. The van der Waals surface area contributed by atoms with Crippen molar-refractivity contribution in [2.24, 2.45) is 10.9 Å². The molecule has 1 saturated carbocycles. The molecule has 0 radical (unpaired) electrons. The molecular weight excluding hydrogens is 836 g/mol. The minimum Gasteiger partial charge on any atom is -0.510 e. The fraction of sp³-hybridized carbons (Fsp3) is 0.326. The van der Waals surface area contributed by atoms with Crippen LogP contribution in [0.2, 0.25) is 0 Å². The summed E-state index contributed by atoms with van der Waals surface area (Å²) in [4.78, 5) is 15.4. The van der Waals surface area contributed by atoms with Crippen molar-refractivity contribution < 1.29 is 30.9 Å². The largest absolute Gasteiger partial charge is 0.510 e. The number of phenolic OH excluding ortho intramolecular Hbond substituents is 1. The molecule has 1 aliphatic heterocycles. The number of imidazole rings is 1. The summed E-state index contributed by atoms with van der Waals surface area (Å²) in [5.74, 6) is 2.79.